The summed E-state index contributed by atoms with van der Waals surface area (Å²) in [5.74, 6) is 2.36. The summed E-state index contributed by atoms with van der Waals surface area (Å²) in [6.07, 6.45) is 7.62. The molecule has 2 aromatic heterocycles. The summed E-state index contributed by atoms with van der Waals surface area (Å²) >= 11 is 0. The molecule has 3 heterocycles. The van der Waals surface area contributed by atoms with Crippen LogP contribution in [0.5, 0.6) is 0 Å². The Morgan fingerprint density at radius 3 is 2.71 bits per heavy atom. The Morgan fingerprint density at radius 1 is 1.04 bits per heavy atom. The van der Waals surface area contributed by atoms with Gasteiger partial charge in [0.2, 0.25) is 0 Å². The second-order valence-electron chi connectivity index (χ2n) is 7.59. The van der Waals surface area contributed by atoms with Crippen molar-refractivity contribution >= 4 is 5.71 Å². The van der Waals surface area contributed by atoms with Crippen molar-refractivity contribution in [1.82, 2.24) is 10.3 Å². The number of furan rings is 1. The van der Waals surface area contributed by atoms with Crippen LogP contribution in [0.4, 0.5) is 0 Å². The van der Waals surface area contributed by atoms with Gasteiger partial charge in [0.05, 0.1) is 5.71 Å². The molecule has 28 heavy (non-hydrogen) atoms. The van der Waals surface area contributed by atoms with E-state index in [4.69, 9.17) is 4.42 Å². The first-order valence-electron chi connectivity index (χ1n) is 9.93. The highest BCUT2D eigenvalue weighted by Gasteiger charge is 2.24. The molecular formula is C23H23N3O2. The van der Waals surface area contributed by atoms with Crippen molar-refractivity contribution in [3.8, 4) is 22.5 Å². The van der Waals surface area contributed by atoms with E-state index < -0.39 is 0 Å². The van der Waals surface area contributed by atoms with Gasteiger partial charge in [-0.25, -0.2) is 0 Å². The van der Waals surface area contributed by atoms with Gasteiger partial charge in [0, 0.05) is 41.5 Å². The molecule has 1 saturated heterocycles. The molecule has 1 aliphatic heterocycles. The molecule has 1 atom stereocenters. The van der Waals surface area contributed by atoms with Crippen LogP contribution in [0.3, 0.4) is 0 Å². The second kappa shape index (κ2) is 7.24. The quantitative estimate of drug-likeness (QED) is 0.520. The summed E-state index contributed by atoms with van der Waals surface area (Å²) in [5, 5.41) is 16.1. The average Bonchev–Trinajstić information content (AvgIpc) is 3.39. The highest BCUT2D eigenvalue weighted by atomic mass is 16.4. The molecular weight excluding hydrogens is 350 g/mol. The summed E-state index contributed by atoms with van der Waals surface area (Å²) in [6, 6.07) is 12.6. The number of aryl methyl sites for hydroxylation is 1. The lowest BCUT2D eigenvalue weighted by atomic mass is 9.94. The maximum atomic E-state index is 9.20. The van der Waals surface area contributed by atoms with Crippen LogP contribution in [0.15, 0.2) is 58.4 Å². The monoisotopic (exact) mass is 373 g/mol. The third-order valence-corrected chi connectivity index (χ3v) is 5.87. The smallest absolute Gasteiger partial charge is 0.142 e. The summed E-state index contributed by atoms with van der Waals surface area (Å²) in [4.78, 5) is 4.15. The standard InChI is InChI=1S/C23H23N3O2/c27-26-21-6-4-16-12-17(3-5-19(16)21)20-13-22(18-2-1-9-25-14-18)28-23(20)15-7-10-24-11-8-15/h3,5,7-8,10-13,18,25,27H,1-2,4,6,9,14H2/b26-21+. The normalized spacial score (nSPS) is 20.4. The molecule has 1 aromatic carbocycles. The largest absolute Gasteiger partial charge is 0.460 e. The molecule has 3 aromatic rings. The first-order valence-corrected chi connectivity index (χ1v) is 9.93. The van der Waals surface area contributed by atoms with Crippen molar-refractivity contribution in [2.75, 3.05) is 13.1 Å². The molecule has 0 spiro atoms. The Morgan fingerprint density at radius 2 is 1.93 bits per heavy atom. The first kappa shape index (κ1) is 17.2. The Labute approximate surface area is 164 Å². The molecule has 142 valence electrons. The highest BCUT2D eigenvalue weighted by molar-refractivity contribution is 6.04. The number of hydrogen-bond acceptors (Lipinski definition) is 5. The third-order valence-electron chi connectivity index (χ3n) is 5.87. The number of rotatable bonds is 3. The fraction of sp³-hybridized carbons (Fsp3) is 0.304. The highest BCUT2D eigenvalue weighted by Crippen LogP contribution is 2.40. The van der Waals surface area contributed by atoms with Crippen LogP contribution < -0.4 is 5.32 Å². The first-order chi connectivity index (χ1) is 13.8. The minimum atomic E-state index is 0.408. The second-order valence-corrected chi connectivity index (χ2v) is 7.59. The molecule has 1 unspecified atom stereocenters. The Hall–Kier alpha value is -2.92. The molecule has 2 aliphatic rings. The number of nitrogens with one attached hydrogen (secondary N) is 1. The molecule has 1 aliphatic carbocycles. The van der Waals surface area contributed by atoms with Crippen molar-refractivity contribution in [2.24, 2.45) is 5.16 Å². The van der Waals surface area contributed by atoms with Gasteiger partial charge in [-0.1, -0.05) is 23.4 Å². The molecule has 5 heteroatoms. The van der Waals surface area contributed by atoms with Crippen molar-refractivity contribution in [3.63, 3.8) is 0 Å². The Kier molecular flexibility index (Phi) is 4.45. The van der Waals surface area contributed by atoms with Gasteiger partial charge in [-0.15, -0.1) is 0 Å². The maximum absolute atomic E-state index is 9.20. The van der Waals surface area contributed by atoms with E-state index in [9.17, 15) is 5.21 Å². The van der Waals surface area contributed by atoms with Gasteiger partial charge in [-0.05, 0) is 61.6 Å². The Bertz CT molecular complexity index is 1020. The van der Waals surface area contributed by atoms with Crippen LogP contribution in [0.25, 0.3) is 22.5 Å². The third kappa shape index (κ3) is 3.02. The van der Waals surface area contributed by atoms with Gasteiger partial charge in [-0.2, -0.15) is 0 Å². The van der Waals surface area contributed by atoms with Crippen LogP contribution in [0.2, 0.25) is 0 Å². The predicted molar refractivity (Wildman–Crippen MR) is 109 cm³/mol. The molecule has 5 rings (SSSR count). The zero-order valence-corrected chi connectivity index (χ0v) is 15.7. The Balaban J connectivity index is 1.61. The van der Waals surface area contributed by atoms with Gasteiger partial charge in [-0.3, -0.25) is 4.98 Å². The van der Waals surface area contributed by atoms with E-state index >= 15 is 0 Å². The van der Waals surface area contributed by atoms with Crippen molar-refractivity contribution in [3.05, 3.63) is 65.7 Å². The van der Waals surface area contributed by atoms with Gasteiger partial charge < -0.3 is 14.9 Å². The molecule has 0 saturated carbocycles. The van der Waals surface area contributed by atoms with Crippen LogP contribution in [0.1, 0.15) is 42.1 Å². The molecule has 0 bridgehead atoms. The number of hydrogen-bond donors (Lipinski definition) is 2. The molecule has 5 nitrogen and oxygen atoms in total. The fourth-order valence-electron chi connectivity index (χ4n) is 4.38. The number of benzene rings is 1. The lowest BCUT2D eigenvalue weighted by molar-refractivity contribution is 0.318. The van der Waals surface area contributed by atoms with Crippen LogP contribution in [-0.2, 0) is 6.42 Å². The van der Waals surface area contributed by atoms with E-state index in [1.165, 1.54) is 12.0 Å². The molecule has 0 amide bonds. The van der Waals surface area contributed by atoms with Crippen LogP contribution >= 0.6 is 0 Å². The minimum Gasteiger partial charge on any atom is -0.460 e. The summed E-state index contributed by atoms with van der Waals surface area (Å²) in [5.41, 5.74) is 6.35. The van der Waals surface area contributed by atoms with Crippen molar-refractivity contribution in [1.29, 1.82) is 0 Å². The number of fused-ring (bicyclic) bond motifs is 1. The lowest BCUT2D eigenvalue weighted by Gasteiger charge is -2.20. The lowest BCUT2D eigenvalue weighted by Crippen LogP contribution is -2.28. The summed E-state index contributed by atoms with van der Waals surface area (Å²) in [6.45, 7) is 2.05. The van der Waals surface area contributed by atoms with Gasteiger partial charge in [0.25, 0.3) is 0 Å². The number of piperidine rings is 1. The number of oxime groups is 1. The van der Waals surface area contributed by atoms with Gasteiger partial charge in [0.15, 0.2) is 0 Å². The van der Waals surface area contributed by atoms with E-state index in [1.807, 2.05) is 12.1 Å². The zero-order chi connectivity index (χ0) is 18.9. The zero-order valence-electron chi connectivity index (χ0n) is 15.7. The minimum absolute atomic E-state index is 0.408. The van der Waals surface area contributed by atoms with Crippen LogP contribution in [0, 0.1) is 0 Å². The SMILES string of the molecule is O/N=C1\CCc2cc(-c3cc(C4CCCNC4)oc3-c3ccncc3)ccc21. The number of aromatic nitrogens is 1. The molecule has 2 N–H and O–H groups in total. The predicted octanol–water partition coefficient (Wildman–Crippen LogP) is 4.60. The fourth-order valence-corrected chi connectivity index (χ4v) is 4.38. The van der Waals surface area contributed by atoms with E-state index in [1.54, 1.807) is 12.4 Å². The van der Waals surface area contributed by atoms with E-state index in [0.29, 0.717) is 5.92 Å². The van der Waals surface area contributed by atoms with Crippen molar-refractivity contribution < 1.29 is 9.62 Å². The van der Waals surface area contributed by atoms with Crippen molar-refractivity contribution in [2.45, 2.75) is 31.6 Å². The summed E-state index contributed by atoms with van der Waals surface area (Å²) in [7, 11) is 0. The molecule has 0 radical (unpaired) electrons. The van der Waals surface area contributed by atoms with E-state index in [-0.39, 0.29) is 0 Å². The number of pyridine rings is 1. The van der Waals surface area contributed by atoms with E-state index in [2.05, 4.69) is 39.7 Å². The van der Waals surface area contributed by atoms with Gasteiger partial charge >= 0.3 is 0 Å². The number of nitrogens with zero attached hydrogens (tertiary/aromatic N) is 2. The summed E-state index contributed by atoms with van der Waals surface area (Å²) < 4.78 is 6.42. The molecule has 1 fully saturated rings. The topological polar surface area (TPSA) is 70.7 Å². The van der Waals surface area contributed by atoms with Crippen LogP contribution in [-0.4, -0.2) is 29.0 Å². The van der Waals surface area contributed by atoms with E-state index in [0.717, 1.165) is 71.8 Å². The average molecular weight is 373 g/mol. The van der Waals surface area contributed by atoms with Gasteiger partial charge in [0.1, 0.15) is 11.5 Å². The maximum Gasteiger partial charge on any atom is 0.142 e.